The summed E-state index contributed by atoms with van der Waals surface area (Å²) in [5.74, 6) is -0.655. The molecule has 1 N–H and O–H groups in total. The Morgan fingerprint density at radius 3 is 2.25 bits per heavy atom. The van der Waals surface area contributed by atoms with Crippen LogP contribution < -0.4 is 5.32 Å². The first kappa shape index (κ1) is 10.6. The zero-order valence-corrected chi connectivity index (χ0v) is 8.57. The molecule has 0 saturated carbocycles. The minimum absolute atomic E-state index is 0.142. The number of hydrogen-bond acceptors (Lipinski definition) is 3. The number of carbonyl (C=O) groups is 2. The number of nitrogens with one attached hydrogen (secondary N) is 1. The van der Waals surface area contributed by atoms with Gasteiger partial charge in [0.05, 0.1) is 6.67 Å². The predicted octanol–water partition coefficient (Wildman–Crippen LogP) is 1.34. The molecule has 0 unspecified atom stereocenters. The van der Waals surface area contributed by atoms with Gasteiger partial charge in [-0.2, -0.15) is 0 Å². The van der Waals surface area contributed by atoms with Gasteiger partial charge < -0.3 is 5.32 Å². The van der Waals surface area contributed by atoms with E-state index < -0.39 is 0 Å². The third-order valence-electron chi connectivity index (χ3n) is 2.44. The van der Waals surface area contributed by atoms with Gasteiger partial charge in [0.15, 0.2) is 0 Å². The zero-order chi connectivity index (χ0) is 11.5. The lowest BCUT2D eigenvalue weighted by Crippen LogP contribution is -2.33. The SMILES string of the molecule is O=C1CCC(=O)N1CNc1ccc(F)cc1. The van der Waals surface area contributed by atoms with Gasteiger partial charge in [-0.15, -0.1) is 0 Å². The fourth-order valence-corrected chi connectivity index (χ4v) is 1.54. The van der Waals surface area contributed by atoms with E-state index in [1.807, 2.05) is 0 Å². The summed E-state index contributed by atoms with van der Waals surface area (Å²) >= 11 is 0. The fraction of sp³-hybridized carbons (Fsp3) is 0.273. The molecule has 1 fully saturated rings. The quantitative estimate of drug-likeness (QED) is 0.785. The van der Waals surface area contributed by atoms with Crippen LogP contribution in [0.5, 0.6) is 0 Å². The molecule has 0 atom stereocenters. The monoisotopic (exact) mass is 222 g/mol. The lowest BCUT2D eigenvalue weighted by atomic mass is 10.3. The van der Waals surface area contributed by atoms with Gasteiger partial charge in [0.25, 0.3) is 0 Å². The molecule has 1 heterocycles. The number of halogens is 1. The summed E-state index contributed by atoms with van der Waals surface area (Å²) in [7, 11) is 0. The maximum absolute atomic E-state index is 12.6. The molecule has 1 aromatic rings. The van der Waals surface area contributed by atoms with Crippen LogP contribution in [-0.4, -0.2) is 23.4 Å². The first-order chi connectivity index (χ1) is 7.66. The molecule has 1 aliphatic rings. The summed E-state index contributed by atoms with van der Waals surface area (Å²) in [6.45, 7) is 0.142. The van der Waals surface area contributed by atoms with E-state index in [1.54, 1.807) is 12.1 Å². The van der Waals surface area contributed by atoms with E-state index in [2.05, 4.69) is 5.32 Å². The van der Waals surface area contributed by atoms with Crippen molar-refractivity contribution < 1.29 is 14.0 Å². The second kappa shape index (κ2) is 4.30. The van der Waals surface area contributed by atoms with Crippen LogP contribution in [0.1, 0.15) is 12.8 Å². The first-order valence-corrected chi connectivity index (χ1v) is 4.99. The van der Waals surface area contributed by atoms with Crippen molar-refractivity contribution in [3.8, 4) is 0 Å². The minimum Gasteiger partial charge on any atom is -0.367 e. The maximum Gasteiger partial charge on any atom is 0.231 e. The number of imide groups is 1. The third-order valence-corrected chi connectivity index (χ3v) is 2.44. The predicted molar refractivity (Wildman–Crippen MR) is 56.0 cm³/mol. The van der Waals surface area contributed by atoms with Crippen molar-refractivity contribution in [3.05, 3.63) is 30.1 Å². The molecule has 0 spiro atoms. The van der Waals surface area contributed by atoms with Crippen molar-refractivity contribution in [3.63, 3.8) is 0 Å². The number of amides is 2. The van der Waals surface area contributed by atoms with Gasteiger partial charge in [-0.1, -0.05) is 0 Å². The van der Waals surface area contributed by atoms with E-state index in [1.165, 1.54) is 17.0 Å². The summed E-state index contributed by atoms with van der Waals surface area (Å²) in [5.41, 5.74) is 0.675. The Bertz CT molecular complexity index is 400. The molecule has 1 aliphatic heterocycles. The summed E-state index contributed by atoms with van der Waals surface area (Å²) in [5, 5.41) is 2.89. The van der Waals surface area contributed by atoms with Crippen LogP contribution in [0, 0.1) is 5.82 Å². The molecular weight excluding hydrogens is 211 g/mol. The lowest BCUT2D eigenvalue weighted by molar-refractivity contribution is -0.137. The molecule has 2 amide bonds. The van der Waals surface area contributed by atoms with E-state index in [9.17, 15) is 14.0 Å². The normalized spacial score (nSPS) is 15.7. The second-order valence-electron chi connectivity index (χ2n) is 3.56. The highest BCUT2D eigenvalue weighted by Gasteiger charge is 2.28. The lowest BCUT2D eigenvalue weighted by Gasteiger charge is -2.15. The number of rotatable bonds is 3. The average Bonchev–Trinajstić information content (AvgIpc) is 2.59. The molecule has 0 aliphatic carbocycles. The smallest absolute Gasteiger partial charge is 0.231 e. The topological polar surface area (TPSA) is 49.4 Å². The first-order valence-electron chi connectivity index (χ1n) is 4.99. The van der Waals surface area contributed by atoms with Gasteiger partial charge in [0.2, 0.25) is 11.8 Å². The Labute approximate surface area is 92.0 Å². The number of nitrogens with zero attached hydrogens (tertiary/aromatic N) is 1. The second-order valence-corrected chi connectivity index (χ2v) is 3.56. The van der Waals surface area contributed by atoms with Crippen molar-refractivity contribution in [2.45, 2.75) is 12.8 Å². The molecule has 0 radical (unpaired) electrons. The Kier molecular flexibility index (Phi) is 2.85. The van der Waals surface area contributed by atoms with Gasteiger partial charge >= 0.3 is 0 Å². The van der Waals surface area contributed by atoms with E-state index in [0.29, 0.717) is 5.69 Å². The summed E-state index contributed by atoms with van der Waals surface area (Å²) in [6, 6.07) is 5.74. The average molecular weight is 222 g/mol. The van der Waals surface area contributed by atoms with Crippen molar-refractivity contribution in [1.82, 2.24) is 4.90 Å². The third kappa shape index (κ3) is 2.18. The van der Waals surface area contributed by atoms with Gasteiger partial charge in [0, 0.05) is 18.5 Å². The fourth-order valence-electron chi connectivity index (χ4n) is 1.54. The van der Waals surface area contributed by atoms with E-state index in [4.69, 9.17) is 0 Å². The summed E-state index contributed by atoms with van der Waals surface area (Å²) < 4.78 is 12.6. The number of hydrogen-bond donors (Lipinski definition) is 1. The highest BCUT2D eigenvalue weighted by atomic mass is 19.1. The Hall–Kier alpha value is -1.91. The number of anilines is 1. The Morgan fingerprint density at radius 2 is 1.69 bits per heavy atom. The van der Waals surface area contributed by atoms with E-state index in [0.717, 1.165) is 0 Å². The van der Waals surface area contributed by atoms with Crippen LogP contribution in [0.4, 0.5) is 10.1 Å². The van der Waals surface area contributed by atoms with Crippen molar-refractivity contribution in [2.75, 3.05) is 12.0 Å². The molecule has 16 heavy (non-hydrogen) atoms. The van der Waals surface area contributed by atoms with Crippen molar-refractivity contribution in [1.29, 1.82) is 0 Å². The largest absolute Gasteiger partial charge is 0.367 e. The molecule has 0 aromatic heterocycles. The molecule has 1 aromatic carbocycles. The van der Waals surface area contributed by atoms with Gasteiger partial charge in [0.1, 0.15) is 5.82 Å². The molecule has 2 rings (SSSR count). The number of benzene rings is 1. The Balaban J connectivity index is 1.94. The molecular formula is C11H11FN2O2. The van der Waals surface area contributed by atoms with Crippen LogP contribution in [0.2, 0.25) is 0 Å². The Morgan fingerprint density at radius 1 is 1.12 bits per heavy atom. The molecule has 4 nitrogen and oxygen atoms in total. The highest BCUT2D eigenvalue weighted by molar-refractivity contribution is 6.02. The number of carbonyl (C=O) groups excluding carboxylic acids is 2. The van der Waals surface area contributed by atoms with Crippen LogP contribution >= 0.6 is 0 Å². The van der Waals surface area contributed by atoms with E-state index in [-0.39, 0.29) is 37.1 Å². The van der Waals surface area contributed by atoms with Crippen LogP contribution in [0.25, 0.3) is 0 Å². The van der Waals surface area contributed by atoms with Gasteiger partial charge in [-0.05, 0) is 24.3 Å². The van der Waals surface area contributed by atoms with Gasteiger partial charge in [-0.3, -0.25) is 14.5 Å². The van der Waals surface area contributed by atoms with Crippen LogP contribution in [0.15, 0.2) is 24.3 Å². The number of likely N-dealkylation sites (tertiary alicyclic amines) is 1. The summed E-state index contributed by atoms with van der Waals surface area (Å²) in [6.07, 6.45) is 0.563. The zero-order valence-electron chi connectivity index (χ0n) is 8.57. The van der Waals surface area contributed by atoms with Crippen molar-refractivity contribution in [2.24, 2.45) is 0 Å². The molecule has 1 saturated heterocycles. The minimum atomic E-state index is -0.320. The maximum atomic E-state index is 12.6. The molecule has 84 valence electrons. The van der Waals surface area contributed by atoms with Crippen LogP contribution in [-0.2, 0) is 9.59 Å². The standard InChI is InChI=1S/C11H11FN2O2/c12-8-1-3-9(4-2-8)13-7-14-10(15)5-6-11(14)16/h1-4,13H,5-7H2. The van der Waals surface area contributed by atoms with Gasteiger partial charge in [-0.25, -0.2) is 4.39 Å². The van der Waals surface area contributed by atoms with Crippen LogP contribution in [0.3, 0.4) is 0 Å². The molecule has 0 bridgehead atoms. The molecule has 5 heteroatoms. The highest BCUT2D eigenvalue weighted by Crippen LogP contribution is 2.13. The van der Waals surface area contributed by atoms with E-state index >= 15 is 0 Å². The van der Waals surface area contributed by atoms with Crippen molar-refractivity contribution >= 4 is 17.5 Å². The summed E-state index contributed by atoms with van der Waals surface area (Å²) in [4.78, 5) is 23.7.